The van der Waals surface area contributed by atoms with E-state index in [2.05, 4.69) is 10.3 Å². The van der Waals surface area contributed by atoms with E-state index in [0.29, 0.717) is 0 Å². The number of aryl methyl sites for hydroxylation is 2. The third-order valence-electron chi connectivity index (χ3n) is 3.40. The van der Waals surface area contributed by atoms with Crippen LogP contribution in [0.3, 0.4) is 0 Å². The molecule has 2 rings (SSSR count). The number of imidazole rings is 1. The molecular weight excluding hydrogens is 214 g/mol. The fourth-order valence-corrected chi connectivity index (χ4v) is 1.97. The molecule has 2 unspecified atom stereocenters. The summed E-state index contributed by atoms with van der Waals surface area (Å²) >= 11 is 0. The Morgan fingerprint density at radius 2 is 2.12 bits per heavy atom. The number of aliphatic hydroxyl groups is 1. The predicted octanol–water partition coefficient (Wildman–Crippen LogP) is 1.52. The Hall–Kier alpha value is -1.39. The summed E-state index contributed by atoms with van der Waals surface area (Å²) in [6.45, 7) is 3.94. The van der Waals surface area contributed by atoms with Crippen LogP contribution in [-0.4, -0.2) is 27.7 Å². The van der Waals surface area contributed by atoms with Gasteiger partial charge in [0.15, 0.2) is 0 Å². The van der Waals surface area contributed by atoms with Crippen molar-refractivity contribution in [3.05, 3.63) is 29.6 Å². The zero-order valence-corrected chi connectivity index (χ0v) is 10.7. The molecule has 0 spiro atoms. The summed E-state index contributed by atoms with van der Waals surface area (Å²) in [7, 11) is 3.84. The number of rotatable bonds is 3. The van der Waals surface area contributed by atoms with Gasteiger partial charge in [-0.25, -0.2) is 4.98 Å². The largest absolute Gasteiger partial charge is 0.387 e. The molecule has 2 aromatic rings. The zero-order chi connectivity index (χ0) is 12.6. The van der Waals surface area contributed by atoms with Gasteiger partial charge in [0.2, 0.25) is 0 Å². The van der Waals surface area contributed by atoms with Gasteiger partial charge < -0.3 is 15.0 Å². The Kier molecular flexibility index (Phi) is 3.17. The molecule has 0 aliphatic carbocycles. The summed E-state index contributed by atoms with van der Waals surface area (Å²) in [5, 5.41) is 13.2. The number of hydrogen-bond acceptors (Lipinski definition) is 3. The van der Waals surface area contributed by atoms with Crippen molar-refractivity contribution in [1.82, 2.24) is 14.9 Å². The predicted molar refractivity (Wildman–Crippen MR) is 68.9 cm³/mol. The summed E-state index contributed by atoms with van der Waals surface area (Å²) in [6.07, 6.45) is -0.508. The Labute approximate surface area is 101 Å². The molecule has 2 atom stereocenters. The minimum atomic E-state index is -0.508. The van der Waals surface area contributed by atoms with Gasteiger partial charge in [-0.1, -0.05) is 6.07 Å². The van der Waals surface area contributed by atoms with Crippen molar-refractivity contribution in [2.45, 2.75) is 26.0 Å². The third kappa shape index (κ3) is 2.06. The van der Waals surface area contributed by atoms with Crippen LogP contribution in [0.5, 0.6) is 0 Å². The first-order chi connectivity index (χ1) is 8.04. The van der Waals surface area contributed by atoms with Crippen molar-refractivity contribution in [2.24, 2.45) is 7.05 Å². The number of likely N-dealkylation sites (N-methyl/N-ethyl adjacent to an activating group) is 1. The van der Waals surface area contributed by atoms with Crippen LogP contribution in [0.2, 0.25) is 0 Å². The highest BCUT2D eigenvalue weighted by molar-refractivity contribution is 5.76. The third-order valence-corrected chi connectivity index (χ3v) is 3.40. The number of nitrogens with one attached hydrogen (secondary N) is 1. The summed E-state index contributed by atoms with van der Waals surface area (Å²) in [5.41, 5.74) is 2.93. The van der Waals surface area contributed by atoms with E-state index < -0.39 is 6.10 Å². The van der Waals surface area contributed by atoms with E-state index >= 15 is 0 Å². The summed E-state index contributed by atoms with van der Waals surface area (Å²) < 4.78 is 2.05. The molecule has 4 nitrogen and oxygen atoms in total. The second-order valence-corrected chi connectivity index (χ2v) is 4.49. The lowest BCUT2D eigenvalue weighted by Crippen LogP contribution is -2.28. The van der Waals surface area contributed by atoms with Gasteiger partial charge in [-0.3, -0.25) is 0 Å². The number of benzene rings is 1. The van der Waals surface area contributed by atoms with Crippen molar-refractivity contribution >= 4 is 11.0 Å². The Morgan fingerprint density at radius 1 is 1.41 bits per heavy atom. The molecular formula is C13H19N3O. The Bertz CT molecular complexity index is 533. The highest BCUT2D eigenvalue weighted by atomic mass is 16.3. The van der Waals surface area contributed by atoms with Crippen LogP contribution in [0.25, 0.3) is 11.0 Å². The average Bonchev–Trinajstić information content (AvgIpc) is 2.62. The molecule has 1 heterocycles. The van der Waals surface area contributed by atoms with E-state index in [1.807, 2.05) is 50.7 Å². The maximum absolute atomic E-state index is 10.1. The molecule has 0 fully saturated rings. The van der Waals surface area contributed by atoms with E-state index in [1.54, 1.807) is 0 Å². The molecule has 1 aromatic carbocycles. The topological polar surface area (TPSA) is 50.1 Å². The van der Waals surface area contributed by atoms with Crippen LogP contribution in [0.15, 0.2) is 18.2 Å². The Balaban J connectivity index is 2.44. The zero-order valence-electron chi connectivity index (χ0n) is 10.7. The monoisotopic (exact) mass is 233 g/mol. The van der Waals surface area contributed by atoms with Crippen molar-refractivity contribution < 1.29 is 5.11 Å². The summed E-state index contributed by atoms with van der Waals surface area (Å²) in [5.74, 6) is 0.980. The second kappa shape index (κ2) is 4.47. The molecule has 92 valence electrons. The maximum Gasteiger partial charge on any atom is 0.106 e. The highest BCUT2D eigenvalue weighted by Gasteiger charge is 2.15. The lowest BCUT2D eigenvalue weighted by atomic mass is 10.0. The number of fused-ring (bicyclic) bond motifs is 1. The standard InChI is InChI=1S/C13H19N3O/c1-8(14-3)13(17)10-5-6-12-11(7-10)15-9(2)16(12)4/h5-8,13-14,17H,1-4H3. The first kappa shape index (κ1) is 12.1. The van der Waals surface area contributed by atoms with E-state index in [-0.39, 0.29) is 6.04 Å². The van der Waals surface area contributed by atoms with Gasteiger partial charge >= 0.3 is 0 Å². The van der Waals surface area contributed by atoms with Crippen LogP contribution >= 0.6 is 0 Å². The van der Waals surface area contributed by atoms with E-state index in [0.717, 1.165) is 22.4 Å². The maximum atomic E-state index is 10.1. The lowest BCUT2D eigenvalue weighted by Gasteiger charge is -2.18. The molecule has 0 amide bonds. The Morgan fingerprint density at radius 3 is 2.76 bits per heavy atom. The van der Waals surface area contributed by atoms with Crippen LogP contribution in [-0.2, 0) is 7.05 Å². The SMILES string of the molecule is CNC(C)C(O)c1ccc2c(c1)nc(C)n2C. The second-order valence-electron chi connectivity index (χ2n) is 4.49. The van der Waals surface area contributed by atoms with Crippen LogP contribution in [0.1, 0.15) is 24.4 Å². The molecule has 2 N–H and O–H groups in total. The molecule has 0 bridgehead atoms. The van der Waals surface area contributed by atoms with Crippen molar-refractivity contribution in [3.8, 4) is 0 Å². The minimum absolute atomic E-state index is 0.0252. The fraction of sp³-hybridized carbons (Fsp3) is 0.462. The van der Waals surface area contributed by atoms with Gasteiger partial charge in [0.25, 0.3) is 0 Å². The molecule has 0 radical (unpaired) electrons. The molecule has 17 heavy (non-hydrogen) atoms. The van der Waals surface area contributed by atoms with Crippen LogP contribution < -0.4 is 5.32 Å². The van der Waals surface area contributed by atoms with Crippen molar-refractivity contribution in [2.75, 3.05) is 7.05 Å². The quantitative estimate of drug-likeness (QED) is 0.845. The van der Waals surface area contributed by atoms with Gasteiger partial charge in [0, 0.05) is 13.1 Å². The van der Waals surface area contributed by atoms with Crippen molar-refractivity contribution in [3.63, 3.8) is 0 Å². The van der Waals surface area contributed by atoms with Gasteiger partial charge in [-0.15, -0.1) is 0 Å². The van der Waals surface area contributed by atoms with E-state index in [9.17, 15) is 5.11 Å². The number of aliphatic hydroxyl groups excluding tert-OH is 1. The first-order valence-electron chi connectivity index (χ1n) is 5.83. The smallest absolute Gasteiger partial charge is 0.106 e. The van der Waals surface area contributed by atoms with Crippen molar-refractivity contribution in [1.29, 1.82) is 0 Å². The van der Waals surface area contributed by atoms with Gasteiger partial charge in [-0.05, 0) is 38.6 Å². The molecule has 0 saturated carbocycles. The van der Waals surface area contributed by atoms with Gasteiger partial charge in [0.05, 0.1) is 17.1 Å². The number of hydrogen-bond donors (Lipinski definition) is 2. The van der Waals surface area contributed by atoms with Crippen LogP contribution in [0, 0.1) is 6.92 Å². The lowest BCUT2D eigenvalue weighted by molar-refractivity contribution is 0.140. The van der Waals surface area contributed by atoms with Gasteiger partial charge in [-0.2, -0.15) is 0 Å². The van der Waals surface area contributed by atoms with E-state index in [4.69, 9.17) is 0 Å². The normalized spacial score (nSPS) is 15.1. The highest BCUT2D eigenvalue weighted by Crippen LogP contribution is 2.22. The number of aromatic nitrogens is 2. The molecule has 4 heteroatoms. The van der Waals surface area contributed by atoms with Gasteiger partial charge in [0.1, 0.15) is 5.82 Å². The molecule has 1 aromatic heterocycles. The average molecular weight is 233 g/mol. The molecule has 0 aliphatic heterocycles. The fourth-order valence-electron chi connectivity index (χ4n) is 1.97. The first-order valence-corrected chi connectivity index (χ1v) is 5.83. The molecule has 0 aliphatic rings. The van der Waals surface area contributed by atoms with E-state index in [1.165, 1.54) is 0 Å². The minimum Gasteiger partial charge on any atom is -0.387 e. The van der Waals surface area contributed by atoms with Crippen LogP contribution in [0.4, 0.5) is 0 Å². The number of nitrogens with zero attached hydrogens (tertiary/aromatic N) is 2. The summed E-state index contributed by atoms with van der Waals surface area (Å²) in [6, 6.07) is 5.95. The molecule has 0 saturated heterocycles. The summed E-state index contributed by atoms with van der Waals surface area (Å²) in [4.78, 5) is 4.47.